The van der Waals surface area contributed by atoms with Crippen LogP contribution in [-0.2, 0) is 11.3 Å². The molecule has 1 N–H and O–H groups in total. The summed E-state index contributed by atoms with van der Waals surface area (Å²) < 4.78 is 5.89. The number of anilines is 1. The molecule has 0 aromatic carbocycles. The quantitative estimate of drug-likeness (QED) is 0.836. The molecular weight excluding hydrogens is 264 g/mol. The van der Waals surface area contributed by atoms with Gasteiger partial charge in [0.15, 0.2) is 0 Å². The summed E-state index contributed by atoms with van der Waals surface area (Å²) in [4.78, 5) is 11.4. The molecule has 21 heavy (non-hydrogen) atoms. The Bertz CT molecular complexity index is 424. The van der Waals surface area contributed by atoms with Crippen LogP contribution in [0.4, 0.5) is 5.82 Å². The fourth-order valence-electron chi connectivity index (χ4n) is 2.51. The van der Waals surface area contributed by atoms with Gasteiger partial charge in [-0.2, -0.15) is 0 Å². The predicted octanol–water partition coefficient (Wildman–Crippen LogP) is 2.37. The van der Waals surface area contributed by atoms with Gasteiger partial charge in [0.2, 0.25) is 0 Å². The maximum Gasteiger partial charge on any atom is 0.147 e. The molecule has 1 aliphatic rings. The molecule has 1 aliphatic heterocycles. The molecule has 5 heteroatoms. The minimum absolute atomic E-state index is 0.331. The molecule has 5 nitrogen and oxygen atoms in total. The standard InChI is InChI=1S/C16H28N4O/c1-4-8-21-15-6-5-7-20(12-15)16-11-17-9-14(19-16)10-18-13(2)3/h9,11,13,15,18H,4-8,10,12H2,1-3H3. The van der Waals surface area contributed by atoms with Crippen molar-refractivity contribution in [3.8, 4) is 0 Å². The summed E-state index contributed by atoms with van der Waals surface area (Å²) in [6, 6.07) is 0.456. The molecule has 0 spiro atoms. The van der Waals surface area contributed by atoms with Crippen LogP contribution in [0.2, 0.25) is 0 Å². The predicted molar refractivity (Wildman–Crippen MR) is 85.5 cm³/mol. The molecule has 2 rings (SSSR count). The van der Waals surface area contributed by atoms with Crippen LogP contribution in [0.1, 0.15) is 45.7 Å². The normalized spacial score (nSPS) is 19.2. The summed E-state index contributed by atoms with van der Waals surface area (Å²) in [7, 11) is 0. The molecule has 1 unspecified atom stereocenters. The van der Waals surface area contributed by atoms with Crippen molar-refractivity contribution < 1.29 is 4.74 Å². The van der Waals surface area contributed by atoms with Gasteiger partial charge in [0.25, 0.3) is 0 Å². The molecule has 1 atom stereocenters. The van der Waals surface area contributed by atoms with Gasteiger partial charge in [-0.15, -0.1) is 0 Å². The number of ether oxygens (including phenoxy) is 1. The smallest absolute Gasteiger partial charge is 0.147 e. The Morgan fingerprint density at radius 2 is 2.29 bits per heavy atom. The molecule has 1 aromatic rings. The Kier molecular flexibility index (Phi) is 6.39. The summed E-state index contributed by atoms with van der Waals surface area (Å²) in [5.41, 5.74) is 0.998. The van der Waals surface area contributed by atoms with E-state index in [0.717, 1.165) is 57.0 Å². The lowest BCUT2D eigenvalue weighted by Gasteiger charge is -2.33. The maximum absolute atomic E-state index is 5.89. The zero-order valence-electron chi connectivity index (χ0n) is 13.5. The third-order valence-corrected chi connectivity index (χ3v) is 3.62. The highest BCUT2D eigenvalue weighted by molar-refractivity contribution is 5.37. The second-order valence-corrected chi connectivity index (χ2v) is 5.99. The number of aromatic nitrogens is 2. The van der Waals surface area contributed by atoms with Crippen LogP contribution in [0, 0.1) is 0 Å². The first-order valence-electron chi connectivity index (χ1n) is 8.10. The fraction of sp³-hybridized carbons (Fsp3) is 0.750. The summed E-state index contributed by atoms with van der Waals surface area (Å²) in [6.45, 7) is 10.0. The number of hydrogen-bond donors (Lipinski definition) is 1. The lowest BCUT2D eigenvalue weighted by molar-refractivity contribution is 0.0439. The highest BCUT2D eigenvalue weighted by Gasteiger charge is 2.21. The van der Waals surface area contributed by atoms with Gasteiger partial charge in [0.05, 0.1) is 18.0 Å². The Labute approximate surface area is 128 Å². The summed E-state index contributed by atoms with van der Waals surface area (Å²) in [6.07, 6.45) is 7.42. The van der Waals surface area contributed by atoms with Gasteiger partial charge in [-0.05, 0) is 19.3 Å². The number of nitrogens with one attached hydrogen (secondary N) is 1. The monoisotopic (exact) mass is 292 g/mol. The first kappa shape index (κ1) is 16.2. The molecule has 0 saturated carbocycles. The van der Waals surface area contributed by atoms with Crippen molar-refractivity contribution in [3.63, 3.8) is 0 Å². The topological polar surface area (TPSA) is 50.3 Å². The number of hydrogen-bond acceptors (Lipinski definition) is 5. The average molecular weight is 292 g/mol. The van der Waals surface area contributed by atoms with Gasteiger partial charge < -0.3 is 15.0 Å². The van der Waals surface area contributed by atoms with Crippen molar-refractivity contribution in [1.29, 1.82) is 0 Å². The first-order valence-corrected chi connectivity index (χ1v) is 8.10. The van der Waals surface area contributed by atoms with Gasteiger partial charge in [-0.1, -0.05) is 20.8 Å². The van der Waals surface area contributed by atoms with Crippen LogP contribution < -0.4 is 10.2 Å². The second-order valence-electron chi connectivity index (χ2n) is 5.99. The van der Waals surface area contributed by atoms with Crippen LogP contribution in [0.15, 0.2) is 12.4 Å². The SMILES string of the molecule is CCCOC1CCCN(c2cncc(CNC(C)C)n2)C1. The van der Waals surface area contributed by atoms with Crippen molar-refractivity contribution >= 4 is 5.82 Å². The molecule has 0 radical (unpaired) electrons. The minimum atomic E-state index is 0.331. The lowest BCUT2D eigenvalue weighted by atomic mass is 10.1. The largest absolute Gasteiger partial charge is 0.376 e. The van der Waals surface area contributed by atoms with Crippen molar-refractivity contribution in [2.45, 2.75) is 58.7 Å². The fourth-order valence-corrected chi connectivity index (χ4v) is 2.51. The Morgan fingerprint density at radius 3 is 3.05 bits per heavy atom. The van der Waals surface area contributed by atoms with Crippen LogP contribution in [0.3, 0.4) is 0 Å². The van der Waals surface area contributed by atoms with Crippen LogP contribution in [0.5, 0.6) is 0 Å². The third kappa shape index (κ3) is 5.25. The Balaban J connectivity index is 1.95. The van der Waals surface area contributed by atoms with E-state index < -0.39 is 0 Å². The van der Waals surface area contributed by atoms with E-state index in [4.69, 9.17) is 9.72 Å². The third-order valence-electron chi connectivity index (χ3n) is 3.62. The molecule has 1 aromatic heterocycles. The van der Waals surface area contributed by atoms with Crippen molar-refractivity contribution in [2.24, 2.45) is 0 Å². The average Bonchev–Trinajstić information content (AvgIpc) is 2.51. The zero-order valence-corrected chi connectivity index (χ0v) is 13.5. The molecule has 1 saturated heterocycles. The van der Waals surface area contributed by atoms with Crippen LogP contribution >= 0.6 is 0 Å². The molecule has 118 valence electrons. The highest BCUT2D eigenvalue weighted by atomic mass is 16.5. The molecule has 0 amide bonds. The molecule has 2 heterocycles. The van der Waals surface area contributed by atoms with Crippen LogP contribution in [0.25, 0.3) is 0 Å². The van der Waals surface area contributed by atoms with E-state index in [0.29, 0.717) is 12.1 Å². The Hall–Kier alpha value is -1.20. The molecule has 0 aliphatic carbocycles. The first-order chi connectivity index (χ1) is 10.2. The van der Waals surface area contributed by atoms with E-state index in [1.54, 1.807) is 0 Å². The summed E-state index contributed by atoms with van der Waals surface area (Å²) >= 11 is 0. The zero-order chi connectivity index (χ0) is 15.1. The highest BCUT2D eigenvalue weighted by Crippen LogP contribution is 2.19. The van der Waals surface area contributed by atoms with Gasteiger partial charge in [0.1, 0.15) is 5.82 Å². The second kappa shape index (κ2) is 8.29. The molecule has 1 fully saturated rings. The van der Waals surface area contributed by atoms with Gasteiger partial charge in [-0.25, -0.2) is 4.98 Å². The number of rotatable bonds is 7. The van der Waals surface area contributed by atoms with E-state index in [-0.39, 0.29) is 0 Å². The van der Waals surface area contributed by atoms with Gasteiger partial charge in [-0.3, -0.25) is 4.98 Å². The van der Waals surface area contributed by atoms with E-state index in [9.17, 15) is 0 Å². The van der Waals surface area contributed by atoms with E-state index >= 15 is 0 Å². The van der Waals surface area contributed by atoms with Gasteiger partial charge in [0, 0.05) is 38.5 Å². The number of nitrogens with zero attached hydrogens (tertiary/aromatic N) is 3. The van der Waals surface area contributed by atoms with E-state index in [1.165, 1.54) is 0 Å². The lowest BCUT2D eigenvalue weighted by Crippen LogP contribution is -2.40. The van der Waals surface area contributed by atoms with E-state index in [2.05, 4.69) is 36.0 Å². The van der Waals surface area contributed by atoms with E-state index in [1.807, 2.05) is 12.4 Å². The minimum Gasteiger partial charge on any atom is -0.376 e. The summed E-state index contributed by atoms with van der Waals surface area (Å²) in [5, 5.41) is 3.38. The molecular formula is C16H28N4O. The maximum atomic E-state index is 5.89. The molecule has 0 bridgehead atoms. The van der Waals surface area contributed by atoms with Crippen molar-refractivity contribution in [2.75, 3.05) is 24.6 Å². The number of piperidine rings is 1. The van der Waals surface area contributed by atoms with Crippen molar-refractivity contribution in [1.82, 2.24) is 15.3 Å². The van der Waals surface area contributed by atoms with Crippen LogP contribution in [-0.4, -0.2) is 41.8 Å². The van der Waals surface area contributed by atoms with Gasteiger partial charge >= 0.3 is 0 Å². The Morgan fingerprint density at radius 1 is 1.43 bits per heavy atom. The van der Waals surface area contributed by atoms with Crippen molar-refractivity contribution in [3.05, 3.63) is 18.1 Å². The summed E-state index contributed by atoms with van der Waals surface area (Å²) in [5.74, 6) is 0.975.